The van der Waals surface area contributed by atoms with E-state index in [1.165, 1.54) is 12.1 Å². The van der Waals surface area contributed by atoms with E-state index in [0.717, 1.165) is 17.7 Å². The maximum atomic E-state index is 12.2. The molecule has 6 heteroatoms. The SMILES string of the molecule is O=C(O)C(Cc1ccccc1)c1cccc(OC(F)(F)F)c1. The fourth-order valence-electron chi connectivity index (χ4n) is 2.13. The zero-order chi connectivity index (χ0) is 16.2. The maximum Gasteiger partial charge on any atom is 0.573 e. The highest BCUT2D eigenvalue weighted by Gasteiger charge is 2.31. The number of aliphatic carboxylic acids is 1. The Bertz CT molecular complexity index is 639. The number of halogens is 3. The van der Waals surface area contributed by atoms with Crippen LogP contribution in [0.4, 0.5) is 13.2 Å². The molecule has 0 amide bonds. The van der Waals surface area contributed by atoms with E-state index < -0.39 is 24.0 Å². The molecule has 1 N–H and O–H groups in total. The second-order valence-corrected chi connectivity index (χ2v) is 4.70. The fourth-order valence-corrected chi connectivity index (χ4v) is 2.13. The first-order valence-corrected chi connectivity index (χ1v) is 6.47. The minimum absolute atomic E-state index is 0.186. The highest BCUT2D eigenvalue weighted by Crippen LogP contribution is 2.28. The molecule has 1 atom stereocenters. The van der Waals surface area contributed by atoms with E-state index in [1.807, 2.05) is 0 Å². The van der Waals surface area contributed by atoms with Crippen molar-refractivity contribution in [3.63, 3.8) is 0 Å². The van der Waals surface area contributed by atoms with Crippen LogP contribution in [0.2, 0.25) is 0 Å². The molecular formula is C16H13F3O3. The molecule has 0 aliphatic heterocycles. The Hall–Kier alpha value is -2.50. The monoisotopic (exact) mass is 310 g/mol. The lowest BCUT2D eigenvalue weighted by Gasteiger charge is -2.15. The highest BCUT2D eigenvalue weighted by atomic mass is 19.4. The molecule has 0 aliphatic carbocycles. The lowest BCUT2D eigenvalue weighted by molar-refractivity contribution is -0.274. The molecule has 22 heavy (non-hydrogen) atoms. The molecule has 0 aromatic heterocycles. The zero-order valence-corrected chi connectivity index (χ0v) is 11.4. The Kier molecular flexibility index (Phi) is 4.70. The van der Waals surface area contributed by atoms with Crippen molar-refractivity contribution in [2.45, 2.75) is 18.7 Å². The minimum atomic E-state index is -4.81. The standard InChI is InChI=1S/C16H13F3O3/c17-16(18,19)22-13-8-4-7-12(10-13)14(15(20)21)9-11-5-2-1-3-6-11/h1-8,10,14H,9H2,(H,20,21). The summed E-state index contributed by atoms with van der Waals surface area (Å²) in [6.45, 7) is 0. The van der Waals surface area contributed by atoms with Gasteiger partial charge in [0.05, 0.1) is 5.92 Å². The van der Waals surface area contributed by atoms with Gasteiger partial charge in [0, 0.05) is 0 Å². The summed E-state index contributed by atoms with van der Waals surface area (Å²) in [4.78, 5) is 11.4. The number of rotatable bonds is 5. The third-order valence-electron chi connectivity index (χ3n) is 3.07. The molecule has 0 aliphatic rings. The van der Waals surface area contributed by atoms with Crippen molar-refractivity contribution in [1.29, 1.82) is 0 Å². The van der Waals surface area contributed by atoms with Gasteiger partial charge in [0.1, 0.15) is 5.75 Å². The van der Waals surface area contributed by atoms with Crippen LogP contribution in [0.25, 0.3) is 0 Å². The highest BCUT2D eigenvalue weighted by molar-refractivity contribution is 5.76. The first-order valence-electron chi connectivity index (χ1n) is 6.47. The molecule has 3 nitrogen and oxygen atoms in total. The van der Waals surface area contributed by atoms with Gasteiger partial charge in [0.25, 0.3) is 0 Å². The van der Waals surface area contributed by atoms with Crippen molar-refractivity contribution in [3.8, 4) is 5.75 Å². The van der Waals surface area contributed by atoms with Crippen LogP contribution < -0.4 is 4.74 Å². The van der Waals surface area contributed by atoms with Crippen LogP contribution in [0.1, 0.15) is 17.0 Å². The summed E-state index contributed by atoms with van der Waals surface area (Å²) in [5, 5.41) is 9.35. The molecule has 0 saturated carbocycles. The van der Waals surface area contributed by atoms with Gasteiger partial charge >= 0.3 is 12.3 Å². The molecule has 0 radical (unpaired) electrons. The topological polar surface area (TPSA) is 46.5 Å². The molecule has 0 bridgehead atoms. The first kappa shape index (κ1) is 15.9. The molecule has 0 saturated heterocycles. The lowest BCUT2D eigenvalue weighted by atomic mass is 9.92. The summed E-state index contributed by atoms with van der Waals surface area (Å²) < 4.78 is 40.6. The number of alkyl halides is 3. The van der Waals surface area contributed by atoms with Crippen molar-refractivity contribution in [3.05, 3.63) is 65.7 Å². The van der Waals surface area contributed by atoms with E-state index in [-0.39, 0.29) is 12.0 Å². The van der Waals surface area contributed by atoms with Gasteiger partial charge in [-0.2, -0.15) is 0 Å². The maximum absolute atomic E-state index is 12.2. The zero-order valence-electron chi connectivity index (χ0n) is 11.4. The van der Waals surface area contributed by atoms with Crippen molar-refractivity contribution in [2.24, 2.45) is 0 Å². The van der Waals surface area contributed by atoms with Gasteiger partial charge in [0.15, 0.2) is 0 Å². The number of carboxylic acid groups (broad SMARTS) is 1. The van der Waals surface area contributed by atoms with E-state index in [0.29, 0.717) is 0 Å². The fraction of sp³-hybridized carbons (Fsp3) is 0.188. The molecule has 0 spiro atoms. The Balaban J connectivity index is 2.25. The van der Waals surface area contributed by atoms with Crippen LogP contribution in [-0.4, -0.2) is 17.4 Å². The Morgan fingerprint density at radius 1 is 1.09 bits per heavy atom. The number of ether oxygens (including phenoxy) is 1. The Morgan fingerprint density at radius 3 is 2.36 bits per heavy atom. The van der Waals surface area contributed by atoms with Crippen LogP contribution in [-0.2, 0) is 11.2 Å². The minimum Gasteiger partial charge on any atom is -0.481 e. The smallest absolute Gasteiger partial charge is 0.481 e. The van der Waals surface area contributed by atoms with Crippen LogP contribution >= 0.6 is 0 Å². The molecule has 2 aromatic carbocycles. The number of hydrogen-bond donors (Lipinski definition) is 1. The summed E-state index contributed by atoms with van der Waals surface area (Å²) in [7, 11) is 0. The number of hydrogen-bond acceptors (Lipinski definition) is 2. The summed E-state index contributed by atoms with van der Waals surface area (Å²) in [5.41, 5.74) is 1.05. The average molecular weight is 310 g/mol. The van der Waals surface area contributed by atoms with Gasteiger partial charge in [0.2, 0.25) is 0 Å². The van der Waals surface area contributed by atoms with Gasteiger partial charge < -0.3 is 9.84 Å². The number of benzene rings is 2. The quantitative estimate of drug-likeness (QED) is 0.908. The van der Waals surface area contributed by atoms with Gasteiger partial charge in [-0.1, -0.05) is 42.5 Å². The van der Waals surface area contributed by atoms with Crippen molar-refractivity contribution >= 4 is 5.97 Å². The molecule has 116 valence electrons. The third-order valence-corrected chi connectivity index (χ3v) is 3.07. The van der Waals surface area contributed by atoms with E-state index >= 15 is 0 Å². The van der Waals surface area contributed by atoms with E-state index in [2.05, 4.69) is 4.74 Å². The number of carbonyl (C=O) groups is 1. The molecule has 2 aromatic rings. The Labute approximate surface area is 125 Å². The summed E-state index contributed by atoms with van der Waals surface area (Å²) in [5.74, 6) is -2.48. The average Bonchev–Trinajstić information content (AvgIpc) is 2.44. The van der Waals surface area contributed by atoms with Gasteiger partial charge in [-0.05, 0) is 29.7 Å². The number of carboxylic acids is 1. The van der Waals surface area contributed by atoms with Crippen LogP contribution in [0.15, 0.2) is 54.6 Å². The molecule has 2 rings (SSSR count). The summed E-state index contributed by atoms with van der Waals surface area (Å²) in [6.07, 6.45) is -4.62. The second kappa shape index (κ2) is 6.51. The summed E-state index contributed by atoms with van der Waals surface area (Å²) >= 11 is 0. The van der Waals surface area contributed by atoms with Crippen LogP contribution in [0.5, 0.6) is 5.75 Å². The van der Waals surface area contributed by atoms with Gasteiger partial charge in [-0.15, -0.1) is 13.2 Å². The van der Waals surface area contributed by atoms with Gasteiger partial charge in [-0.25, -0.2) is 0 Å². The van der Waals surface area contributed by atoms with Crippen molar-refractivity contribution in [1.82, 2.24) is 0 Å². The van der Waals surface area contributed by atoms with E-state index in [9.17, 15) is 23.1 Å². The largest absolute Gasteiger partial charge is 0.573 e. The second-order valence-electron chi connectivity index (χ2n) is 4.70. The van der Waals surface area contributed by atoms with E-state index in [4.69, 9.17) is 0 Å². The molecule has 1 unspecified atom stereocenters. The van der Waals surface area contributed by atoms with E-state index in [1.54, 1.807) is 30.3 Å². The Morgan fingerprint density at radius 2 is 1.77 bits per heavy atom. The predicted octanol–water partition coefficient (Wildman–Crippen LogP) is 4.00. The van der Waals surface area contributed by atoms with Crippen LogP contribution in [0, 0.1) is 0 Å². The molecule has 0 heterocycles. The van der Waals surface area contributed by atoms with Gasteiger partial charge in [-0.3, -0.25) is 4.79 Å². The lowest BCUT2D eigenvalue weighted by Crippen LogP contribution is -2.18. The van der Waals surface area contributed by atoms with Crippen molar-refractivity contribution in [2.75, 3.05) is 0 Å². The van der Waals surface area contributed by atoms with Crippen LogP contribution in [0.3, 0.4) is 0 Å². The third kappa shape index (κ3) is 4.51. The molecular weight excluding hydrogens is 297 g/mol. The predicted molar refractivity (Wildman–Crippen MR) is 73.6 cm³/mol. The first-order chi connectivity index (χ1) is 10.3. The summed E-state index contributed by atoms with van der Waals surface area (Å²) in [6, 6.07) is 14.0. The molecule has 0 fully saturated rings. The van der Waals surface area contributed by atoms with Crippen molar-refractivity contribution < 1.29 is 27.8 Å². The normalized spacial score (nSPS) is 12.7.